The average Bonchev–Trinajstić information content (AvgIpc) is 2.64. The number of aliphatic carboxylic acids is 1. The van der Waals surface area contributed by atoms with Crippen LogP contribution < -0.4 is 0 Å². The van der Waals surface area contributed by atoms with Gasteiger partial charge >= 0.3 is 5.97 Å². The second-order valence-corrected chi connectivity index (χ2v) is 7.32. The number of carboxylic acids is 1. The Labute approximate surface area is 176 Å². The van der Waals surface area contributed by atoms with Gasteiger partial charge in [-0.25, -0.2) is 0 Å². The van der Waals surface area contributed by atoms with Crippen LogP contribution in [0.1, 0.15) is 71.1 Å². The molecule has 0 aliphatic carbocycles. The Morgan fingerprint density at radius 2 is 1.25 bits per heavy atom. The Hall–Kier alpha value is -1.81. The molecule has 1 N–H and O–H groups in total. The minimum absolute atomic E-state index is 0.00556. The van der Waals surface area contributed by atoms with E-state index in [-0.39, 0.29) is 17.5 Å². The van der Waals surface area contributed by atoms with Gasteiger partial charge in [0.25, 0.3) is 0 Å². The van der Waals surface area contributed by atoms with E-state index < -0.39 is 5.97 Å². The first-order valence-electron chi connectivity index (χ1n) is 10.2. The van der Waals surface area contributed by atoms with E-state index in [4.69, 9.17) is 5.11 Å². The highest BCUT2D eigenvalue weighted by molar-refractivity contribution is 7.81. The number of carboxylic acid groups (broad SMARTS) is 1. The number of carbonyl (C=O) groups excluding carboxylic acids is 1. The van der Waals surface area contributed by atoms with Crippen LogP contribution in [0.2, 0.25) is 0 Å². The molecule has 0 aromatic heterocycles. The van der Waals surface area contributed by atoms with Gasteiger partial charge < -0.3 is 5.11 Å². The third-order valence-electron chi connectivity index (χ3n) is 3.88. The van der Waals surface area contributed by atoms with Crippen LogP contribution in [0.5, 0.6) is 0 Å². The van der Waals surface area contributed by atoms with E-state index in [1.54, 1.807) is 0 Å². The highest BCUT2D eigenvalue weighted by Crippen LogP contribution is 2.11. The Kier molecular flexibility index (Phi) is 18.6. The molecule has 0 radical (unpaired) electrons. The molecule has 0 heterocycles. The van der Waals surface area contributed by atoms with Crippen molar-refractivity contribution >= 4 is 24.4 Å². The van der Waals surface area contributed by atoms with E-state index in [1.807, 2.05) is 0 Å². The Morgan fingerprint density at radius 3 is 1.71 bits per heavy atom. The SMILES string of the molecule is CC/C=C\C/C=C\C/C=C\C/C=C\C/C=C\C[C@@H](S)CC(=O)CCCC(=O)O. The number of carbonyl (C=O) groups is 2. The van der Waals surface area contributed by atoms with Crippen LogP contribution in [0.3, 0.4) is 0 Å². The number of allylic oxidation sites excluding steroid dienone is 10. The van der Waals surface area contributed by atoms with E-state index in [2.05, 4.69) is 80.3 Å². The normalized spacial score (nSPS) is 13.6. The van der Waals surface area contributed by atoms with E-state index in [1.165, 1.54) is 0 Å². The fraction of sp³-hybridized carbons (Fsp3) is 0.500. The zero-order chi connectivity index (χ0) is 20.9. The minimum atomic E-state index is -0.853. The fourth-order valence-electron chi connectivity index (χ4n) is 2.39. The third-order valence-corrected chi connectivity index (χ3v) is 4.27. The van der Waals surface area contributed by atoms with E-state index >= 15 is 0 Å². The monoisotopic (exact) mass is 404 g/mol. The number of hydrogen-bond acceptors (Lipinski definition) is 3. The van der Waals surface area contributed by atoms with Gasteiger partial charge in [0.15, 0.2) is 0 Å². The molecule has 0 amide bonds. The molecule has 0 bridgehead atoms. The molecule has 4 heteroatoms. The molecular weight excluding hydrogens is 368 g/mol. The minimum Gasteiger partial charge on any atom is -0.481 e. The van der Waals surface area contributed by atoms with Crippen molar-refractivity contribution in [3.8, 4) is 0 Å². The molecule has 0 saturated carbocycles. The second kappa shape index (κ2) is 19.9. The van der Waals surface area contributed by atoms with Crippen molar-refractivity contribution in [1.29, 1.82) is 0 Å². The summed E-state index contributed by atoms with van der Waals surface area (Å²) in [5.74, 6) is -0.761. The maximum atomic E-state index is 11.7. The van der Waals surface area contributed by atoms with Crippen molar-refractivity contribution in [2.45, 2.75) is 76.4 Å². The number of ketones is 1. The maximum absolute atomic E-state index is 11.7. The van der Waals surface area contributed by atoms with Gasteiger partial charge in [0.2, 0.25) is 0 Å². The lowest BCUT2D eigenvalue weighted by atomic mass is 10.1. The zero-order valence-corrected chi connectivity index (χ0v) is 18.0. The smallest absolute Gasteiger partial charge is 0.303 e. The Balaban J connectivity index is 3.69. The molecular formula is C24H36O3S. The van der Waals surface area contributed by atoms with Crippen molar-refractivity contribution in [3.63, 3.8) is 0 Å². The number of Topliss-reactive ketones (excluding diaryl/α,β-unsaturated/α-hetero) is 1. The van der Waals surface area contributed by atoms with Gasteiger partial charge in [-0.3, -0.25) is 9.59 Å². The molecule has 0 aliphatic heterocycles. The van der Waals surface area contributed by atoms with E-state index in [9.17, 15) is 9.59 Å². The van der Waals surface area contributed by atoms with Crippen LogP contribution in [0.15, 0.2) is 60.8 Å². The van der Waals surface area contributed by atoms with Crippen molar-refractivity contribution < 1.29 is 14.7 Å². The topological polar surface area (TPSA) is 54.4 Å². The van der Waals surface area contributed by atoms with Crippen LogP contribution >= 0.6 is 12.6 Å². The van der Waals surface area contributed by atoms with Gasteiger partial charge in [-0.15, -0.1) is 0 Å². The third kappa shape index (κ3) is 20.5. The van der Waals surface area contributed by atoms with Crippen molar-refractivity contribution in [3.05, 3.63) is 60.8 Å². The molecule has 0 fully saturated rings. The zero-order valence-electron chi connectivity index (χ0n) is 17.1. The largest absolute Gasteiger partial charge is 0.481 e. The molecule has 0 aliphatic rings. The number of thiol groups is 1. The summed E-state index contributed by atoms with van der Waals surface area (Å²) >= 11 is 4.43. The fourth-order valence-corrected chi connectivity index (χ4v) is 2.71. The molecule has 0 unspecified atom stereocenters. The molecule has 0 rings (SSSR count). The summed E-state index contributed by atoms with van der Waals surface area (Å²) in [6, 6.07) is 0. The van der Waals surface area contributed by atoms with Crippen molar-refractivity contribution in [1.82, 2.24) is 0 Å². The summed E-state index contributed by atoms with van der Waals surface area (Å²) in [4.78, 5) is 22.1. The van der Waals surface area contributed by atoms with Crippen LogP contribution in [0.4, 0.5) is 0 Å². The van der Waals surface area contributed by atoms with Crippen molar-refractivity contribution in [2.75, 3.05) is 0 Å². The molecule has 0 aromatic carbocycles. The van der Waals surface area contributed by atoms with Gasteiger partial charge in [0.1, 0.15) is 5.78 Å². The molecule has 3 nitrogen and oxygen atoms in total. The summed E-state index contributed by atoms with van der Waals surface area (Å²) in [6.45, 7) is 2.14. The first-order valence-corrected chi connectivity index (χ1v) is 10.7. The molecule has 28 heavy (non-hydrogen) atoms. The highest BCUT2D eigenvalue weighted by atomic mass is 32.1. The first kappa shape index (κ1) is 26.2. The lowest BCUT2D eigenvalue weighted by Gasteiger charge is -2.06. The first-order chi connectivity index (χ1) is 13.6. The predicted octanol–water partition coefficient (Wildman–Crippen LogP) is 6.64. The second-order valence-electron chi connectivity index (χ2n) is 6.59. The summed E-state index contributed by atoms with van der Waals surface area (Å²) in [5, 5.41) is 8.57. The van der Waals surface area contributed by atoms with E-state index in [0.717, 1.165) is 38.5 Å². The predicted molar refractivity (Wildman–Crippen MR) is 123 cm³/mol. The lowest BCUT2D eigenvalue weighted by Crippen LogP contribution is -2.08. The van der Waals surface area contributed by atoms with Crippen molar-refractivity contribution in [2.24, 2.45) is 0 Å². The summed E-state index contributed by atoms with van der Waals surface area (Å²) in [5.41, 5.74) is 0. The number of hydrogen-bond donors (Lipinski definition) is 2. The van der Waals surface area contributed by atoms with Crippen LogP contribution in [0, 0.1) is 0 Å². The van der Waals surface area contributed by atoms with Crippen LogP contribution in [-0.2, 0) is 9.59 Å². The van der Waals surface area contributed by atoms with Gasteiger partial charge in [0.05, 0.1) is 0 Å². The molecule has 0 aromatic rings. The van der Waals surface area contributed by atoms with E-state index in [0.29, 0.717) is 19.3 Å². The molecule has 0 saturated heterocycles. The van der Waals surface area contributed by atoms with Gasteiger partial charge in [-0.05, 0) is 44.9 Å². The standard InChI is InChI=1S/C24H36O3S/c1-2-3-4-5-6-7-8-9-10-11-12-13-14-15-16-19-23(28)21-22(25)18-17-20-24(26)27/h3-4,6-7,9-10,12-13,15-16,23,28H,2,5,8,11,14,17-21H2,1H3,(H,26,27)/b4-3-,7-6-,10-9-,13-12-,16-15-/t23-/m1/s1. The Bertz CT molecular complexity index is 556. The number of rotatable bonds is 17. The molecule has 156 valence electrons. The van der Waals surface area contributed by atoms with Gasteiger partial charge in [-0.1, -0.05) is 67.7 Å². The summed E-state index contributed by atoms with van der Waals surface area (Å²) in [7, 11) is 0. The summed E-state index contributed by atoms with van der Waals surface area (Å²) in [6.07, 6.45) is 28.4. The maximum Gasteiger partial charge on any atom is 0.303 e. The van der Waals surface area contributed by atoms with Gasteiger partial charge in [0, 0.05) is 24.5 Å². The lowest BCUT2D eigenvalue weighted by molar-refractivity contribution is -0.137. The van der Waals surface area contributed by atoms with Crippen LogP contribution in [-0.4, -0.2) is 22.1 Å². The molecule has 0 spiro atoms. The highest BCUT2D eigenvalue weighted by Gasteiger charge is 2.09. The molecule has 1 atom stereocenters. The summed E-state index contributed by atoms with van der Waals surface area (Å²) < 4.78 is 0. The average molecular weight is 405 g/mol. The van der Waals surface area contributed by atoms with Crippen LogP contribution in [0.25, 0.3) is 0 Å². The quantitative estimate of drug-likeness (QED) is 0.211. The Morgan fingerprint density at radius 1 is 0.786 bits per heavy atom. The van der Waals surface area contributed by atoms with Gasteiger partial charge in [-0.2, -0.15) is 12.6 Å².